The highest BCUT2D eigenvalue weighted by Crippen LogP contribution is 2.43. The second kappa shape index (κ2) is 12.2. The molecule has 0 fully saturated rings. The van der Waals surface area contributed by atoms with E-state index in [-0.39, 0.29) is 11.5 Å². The molecule has 2 aromatic heterocycles. The van der Waals surface area contributed by atoms with Gasteiger partial charge in [-0.3, -0.25) is 9.48 Å². The molecule has 0 saturated heterocycles. The van der Waals surface area contributed by atoms with Crippen molar-refractivity contribution in [1.82, 2.24) is 19.7 Å². The van der Waals surface area contributed by atoms with Gasteiger partial charge in [0.05, 0.1) is 23.9 Å². The molecule has 0 radical (unpaired) electrons. The molecule has 0 bridgehead atoms. The fraction of sp³-hybridized carbons (Fsp3) is 0.394. The van der Waals surface area contributed by atoms with Gasteiger partial charge in [-0.05, 0) is 79.5 Å². The number of benzene rings is 2. The highest BCUT2D eigenvalue weighted by Gasteiger charge is 2.27. The van der Waals surface area contributed by atoms with Crippen molar-refractivity contribution in [3.63, 3.8) is 0 Å². The van der Waals surface area contributed by atoms with Crippen LogP contribution >= 0.6 is 10.0 Å². The van der Waals surface area contributed by atoms with Crippen molar-refractivity contribution in [2.75, 3.05) is 49.6 Å². The Balaban J connectivity index is 1.63. The van der Waals surface area contributed by atoms with E-state index in [1.807, 2.05) is 29.8 Å². The highest BCUT2D eigenvalue weighted by molar-refractivity contribution is 8.32. The zero-order valence-corrected chi connectivity index (χ0v) is 26.7. The molecule has 1 aliphatic heterocycles. The maximum Gasteiger partial charge on any atom is 0.264 e. The van der Waals surface area contributed by atoms with E-state index >= 15 is 0 Å². The normalized spacial score (nSPS) is 13.9. The predicted octanol–water partition coefficient (Wildman–Crippen LogP) is 7.12. The molecule has 3 heterocycles. The number of alkyl halides is 2. The lowest BCUT2D eigenvalue weighted by Crippen LogP contribution is -2.25. The maximum atomic E-state index is 14.5. The molecule has 5 rings (SSSR count). The number of amides is 1. The van der Waals surface area contributed by atoms with Gasteiger partial charge in [0.15, 0.2) is 0 Å². The van der Waals surface area contributed by atoms with Gasteiger partial charge in [-0.25, -0.2) is 18.8 Å². The number of allylic oxidation sites excluding steroid dienone is 1. The summed E-state index contributed by atoms with van der Waals surface area (Å²) in [7, 11) is 2.70. The number of anilines is 2. The number of ether oxygens (including phenoxy) is 1. The molecule has 0 saturated carbocycles. The third-order valence-corrected chi connectivity index (χ3v) is 9.28. The molecule has 0 aliphatic carbocycles. The molecular weight excluding hydrogens is 568 g/mol. The van der Waals surface area contributed by atoms with Gasteiger partial charge in [-0.2, -0.15) is 5.10 Å². The summed E-state index contributed by atoms with van der Waals surface area (Å²) in [6.45, 7) is 7.81. The van der Waals surface area contributed by atoms with Crippen LogP contribution in [-0.4, -0.2) is 65.0 Å². The summed E-state index contributed by atoms with van der Waals surface area (Å²) in [5.74, 6) is 0.788. The Morgan fingerprint density at radius 2 is 1.93 bits per heavy atom. The number of nitrogens with one attached hydrogen (secondary N) is 1. The quantitative estimate of drug-likeness (QED) is 0.195. The average Bonchev–Trinajstić information content (AvgIpc) is 3.56. The van der Waals surface area contributed by atoms with Crippen LogP contribution in [0.2, 0.25) is 0 Å². The van der Waals surface area contributed by atoms with Crippen molar-refractivity contribution in [3.05, 3.63) is 71.7 Å². The molecule has 0 unspecified atom stereocenters. The number of fused-ring (bicyclic) bond motifs is 2. The topological polar surface area (TPSA) is 64.3 Å². The number of nitrogens with zero attached hydrogens (tertiary/aromatic N) is 4. The van der Waals surface area contributed by atoms with E-state index < -0.39 is 16.5 Å². The largest absolute Gasteiger partial charge is 0.360 e. The number of halogens is 2. The van der Waals surface area contributed by atoms with E-state index in [0.29, 0.717) is 36.6 Å². The minimum atomic E-state index is -2.65. The van der Waals surface area contributed by atoms with Crippen molar-refractivity contribution >= 4 is 43.8 Å². The number of hydrogen-bond donors (Lipinski definition) is 1. The van der Waals surface area contributed by atoms with Crippen LogP contribution in [0, 0.1) is 0 Å². The van der Waals surface area contributed by atoms with Gasteiger partial charge in [0, 0.05) is 72.2 Å². The van der Waals surface area contributed by atoms with Gasteiger partial charge >= 0.3 is 0 Å². The molecule has 4 aromatic rings. The third-order valence-electron chi connectivity index (χ3n) is 7.89. The molecule has 1 aliphatic rings. The van der Waals surface area contributed by atoms with Gasteiger partial charge < -0.3 is 19.5 Å². The predicted molar refractivity (Wildman–Crippen MR) is 175 cm³/mol. The third kappa shape index (κ3) is 6.35. The number of aryl methyl sites for hydroxylation is 2. The number of carbonyl (C=O) groups is 1. The first-order valence-corrected chi connectivity index (χ1v) is 17.4. The van der Waals surface area contributed by atoms with E-state index in [1.54, 1.807) is 37.2 Å². The summed E-state index contributed by atoms with van der Waals surface area (Å²) in [5.41, 5.74) is 6.89. The fourth-order valence-corrected chi connectivity index (χ4v) is 6.32. The van der Waals surface area contributed by atoms with Crippen LogP contribution in [0.4, 0.5) is 20.2 Å². The maximum absolute atomic E-state index is 14.5. The monoisotopic (exact) mass is 609 g/mol. The minimum absolute atomic E-state index is 0.0219. The van der Waals surface area contributed by atoms with Gasteiger partial charge in [0.25, 0.3) is 12.3 Å². The Morgan fingerprint density at radius 1 is 1.16 bits per heavy atom. The molecule has 43 heavy (non-hydrogen) atoms. The average molecular weight is 610 g/mol. The van der Waals surface area contributed by atoms with Crippen LogP contribution in [-0.2, 0) is 24.9 Å². The van der Waals surface area contributed by atoms with Crippen LogP contribution in [0.15, 0.2) is 49.4 Å². The zero-order chi connectivity index (χ0) is 31.1. The van der Waals surface area contributed by atoms with E-state index in [2.05, 4.69) is 46.7 Å². The first kappa shape index (κ1) is 30.8. The first-order valence-electron chi connectivity index (χ1n) is 14.4. The summed E-state index contributed by atoms with van der Waals surface area (Å²) >= 11 is 0. The summed E-state index contributed by atoms with van der Waals surface area (Å²) in [6.07, 6.45) is 11.0. The molecule has 2 aromatic carbocycles. The Labute approximate surface area is 253 Å². The number of carbonyl (C=O) groups excluding carboxylic acids is 1. The second-order valence-electron chi connectivity index (χ2n) is 12.1. The molecule has 1 amide bonds. The van der Waals surface area contributed by atoms with E-state index in [4.69, 9.17) is 4.74 Å². The summed E-state index contributed by atoms with van der Waals surface area (Å²) in [5, 5.41) is 7.74. The van der Waals surface area contributed by atoms with Crippen molar-refractivity contribution in [2.24, 2.45) is 7.05 Å². The minimum Gasteiger partial charge on any atom is -0.360 e. The van der Waals surface area contributed by atoms with Gasteiger partial charge in [-0.1, -0.05) is 6.58 Å². The fourth-order valence-electron chi connectivity index (χ4n) is 5.70. The van der Waals surface area contributed by atoms with Crippen molar-refractivity contribution in [1.29, 1.82) is 0 Å². The Morgan fingerprint density at radius 3 is 2.56 bits per heavy atom. The number of hydrogen-bond acceptors (Lipinski definition) is 4. The molecule has 1 N–H and O–H groups in total. The Bertz CT molecular complexity index is 1680. The lowest BCUT2D eigenvalue weighted by Gasteiger charge is -2.33. The van der Waals surface area contributed by atoms with Gasteiger partial charge in [-0.15, -0.1) is 0 Å². The van der Waals surface area contributed by atoms with Gasteiger partial charge in [0.2, 0.25) is 0 Å². The summed E-state index contributed by atoms with van der Waals surface area (Å²) in [4.78, 5) is 15.2. The first-order chi connectivity index (χ1) is 20.4. The highest BCUT2D eigenvalue weighted by atomic mass is 32.3. The van der Waals surface area contributed by atoms with Gasteiger partial charge in [0.1, 0.15) is 6.73 Å². The number of rotatable bonds is 10. The summed E-state index contributed by atoms with van der Waals surface area (Å²) < 4.78 is 38.6. The van der Waals surface area contributed by atoms with Crippen molar-refractivity contribution in [3.8, 4) is 11.1 Å². The number of aromatic nitrogens is 3. The Hall–Kier alpha value is -3.63. The lowest BCUT2D eigenvalue weighted by atomic mass is 9.92. The molecule has 0 spiro atoms. The smallest absolute Gasteiger partial charge is 0.264 e. The van der Waals surface area contributed by atoms with E-state index in [9.17, 15) is 13.6 Å². The lowest BCUT2D eigenvalue weighted by molar-refractivity contribution is 0.0917. The van der Waals surface area contributed by atoms with Crippen LogP contribution < -0.4 is 10.2 Å². The molecule has 10 heteroatoms. The molecule has 230 valence electrons. The van der Waals surface area contributed by atoms with E-state index in [0.717, 1.165) is 57.6 Å². The standard InChI is InChI=1S/C33H41F2N5O2S/c1-21(2)25-14-24(15-27-29(33(41)36-3)19-39(31(25)27)20-42-11-12-43(5,6)7)40-10-8-9-22-13-26(23-17-37-38(4)18-23)28(32(34)35)16-30(22)40/h13-19,32H,1,8-12,20H2,2-7H3,(H,36,41). The second-order valence-corrected chi connectivity index (χ2v) is 16.7. The SMILES string of the molecule is C=C(C)c1cc(N2CCCc3cc(-c4cnn(C)c4)c(C(F)F)cc32)cc2c(C(=O)NC)cn(COCCS(C)(C)C)c12. The van der Waals surface area contributed by atoms with E-state index in [1.165, 1.54) is 0 Å². The van der Waals surface area contributed by atoms with Crippen LogP contribution in [0.25, 0.3) is 27.6 Å². The van der Waals surface area contributed by atoms with Crippen molar-refractivity contribution in [2.45, 2.75) is 32.9 Å². The van der Waals surface area contributed by atoms with Crippen LogP contribution in [0.1, 0.15) is 46.8 Å². The van der Waals surface area contributed by atoms with Crippen LogP contribution in [0.5, 0.6) is 0 Å². The Kier molecular flexibility index (Phi) is 8.72. The van der Waals surface area contributed by atoms with Crippen molar-refractivity contribution < 1.29 is 18.3 Å². The summed E-state index contributed by atoms with van der Waals surface area (Å²) in [6, 6.07) is 7.57. The molecule has 0 atom stereocenters. The zero-order valence-electron chi connectivity index (χ0n) is 25.8. The molecular formula is C33H41F2N5O2S. The molecule has 7 nitrogen and oxygen atoms in total. The van der Waals surface area contributed by atoms with Crippen LogP contribution in [0.3, 0.4) is 0 Å².